The monoisotopic (exact) mass is 450 g/mol. The number of halogens is 3. The highest BCUT2D eigenvalue weighted by atomic mass is 35.5. The summed E-state index contributed by atoms with van der Waals surface area (Å²) in [6, 6.07) is 12.5. The van der Waals surface area contributed by atoms with E-state index < -0.39 is 0 Å². The Kier molecular flexibility index (Phi) is 12.2. The van der Waals surface area contributed by atoms with Crippen LogP contribution in [0.3, 0.4) is 0 Å². The fourth-order valence-corrected chi connectivity index (χ4v) is 3.14. The van der Waals surface area contributed by atoms with Crippen molar-refractivity contribution in [2.75, 3.05) is 37.6 Å². The number of anilines is 1. The summed E-state index contributed by atoms with van der Waals surface area (Å²) < 4.78 is 5.21. The SMILES string of the molecule is CC(CNC(=O)c1coc(CN)c1)N1CCN(c2ccccc2)CC1.Cl.Cl.Cl. The van der Waals surface area contributed by atoms with Crippen LogP contribution in [-0.2, 0) is 6.54 Å². The molecule has 28 heavy (non-hydrogen) atoms. The number of furan rings is 1. The molecule has 3 rings (SSSR count). The average molecular weight is 452 g/mol. The highest BCUT2D eigenvalue weighted by molar-refractivity contribution is 5.94. The van der Waals surface area contributed by atoms with Gasteiger partial charge in [-0.25, -0.2) is 0 Å². The number of amides is 1. The Morgan fingerprint density at radius 2 is 1.79 bits per heavy atom. The zero-order valence-corrected chi connectivity index (χ0v) is 18.3. The first-order chi connectivity index (χ1) is 12.2. The average Bonchev–Trinajstić information content (AvgIpc) is 3.16. The molecule has 0 bridgehead atoms. The van der Waals surface area contributed by atoms with Gasteiger partial charge in [0.25, 0.3) is 5.91 Å². The molecule has 1 aromatic carbocycles. The van der Waals surface area contributed by atoms with E-state index in [2.05, 4.69) is 46.3 Å². The van der Waals surface area contributed by atoms with E-state index in [0.29, 0.717) is 30.5 Å². The molecule has 158 valence electrons. The molecule has 0 aliphatic carbocycles. The number of piperazine rings is 1. The van der Waals surface area contributed by atoms with Crippen LogP contribution in [0, 0.1) is 0 Å². The standard InChI is InChI=1S/C19H26N4O2.3ClH/c1-15(13-21-19(24)16-11-18(12-20)25-14-16)22-7-9-23(10-8-22)17-5-3-2-4-6-17;;;/h2-6,11,14-15H,7-10,12-13,20H2,1H3,(H,21,24);3*1H. The van der Waals surface area contributed by atoms with Gasteiger partial charge in [-0.05, 0) is 25.1 Å². The minimum Gasteiger partial charge on any atom is -0.467 e. The summed E-state index contributed by atoms with van der Waals surface area (Å²) >= 11 is 0. The molecule has 1 atom stereocenters. The van der Waals surface area contributed by atoms with Crippen molar-refractivity contribution in [2.24, 2.45) is 5.73 Å². The highest BCUT2D eigenvalue weighted by Gasteiger charge is 2.21. The maximum absolute atomic E-state index is 12.2. The third-order valence-corrected chi connectivity index (χ3v) is 4.73. The third kappa shape index (κ3) is 6.87. The lowest BCUT2D eigenvalue weighted by atomic mass is 10.2. The molecule has 1 unspecified atom stereocenters. The Balaban J connectivity index is 0.00000243. The number of benzene rings is 1. The summed E-state index contributed by atoms with van der Waals surface area (Å²) in [5, 5.41) is 2.98. The van der Waals surface area contributed by atoms with Crippen LogP contribution in [0.1, 0.15) is 23.0 Å². The lowest BCUT2D eigenvalue weighted by Crippen LogP contribution is -2.52. The van der Waals surface area contributed by atoms with Crippen LogP contribution >= 0.6 is 37.2 Å². The van der Waals surface area contributed by atoms with Crippen LogP contribution in [0.2, 0.25) is 0 Å². The summed E-state index contributed by atoms with van der Waals surface area (Å²) in [5.74, 6) is 0.508. The molecule has 1 aliphatic rings. The quantitative estimate of drug-likeness (QED) is 0.706. The third-order valence-electron chi connectivity index (χ3n) is 4.73. The Hall–Kier alpha value is -1.44. The molecule has 9 heteroatoms. The van der Waals surface area contributed by atoms with Crippen LogP contribution in [0.5, 0.6) is 0 Å². The number of hydrogen-bond donors (Lipinski definition) is 2. The smallest absolute Gasteiger partial charge is 0.254 e. The molecule has 6 nitrogen and oxygen atoms in total. The zero-order chi connectivity index (χ0) is 17.6. The summed E-state index contributed by atoms with van der Waals surface area (Å²) in [5.41, 5.74) is 7.31. The maximum atomic E-state index is 12.2. The summed E-state index contributed by atoms with van der Waals surface area (Å²) in [6.45, 7) is 7.07. The van der Waals surface area contributed by atoms with Gasteiger partial charge in [0.05, 0.1) is 12.1 Å². The lowest BCUT2D eigenvalue weighted by molar-refractivity contribution is 0.0933. The van der Waals surface area contributed by atoms with Gasteiger partial charge in [0.2, 0.25) is 0 Å². The maximum Gasteiger partial charge on any atom is 0.254 e. The van der Waals surface area contributed by atoms with Crippen molar-refractivity contribution in [3.8, 4) is 0 Å². The number of hydrogen-bond acceptors (Lipinski definition) is 5. The zero-order valence-electron chi connectivity index (χ0n) is 15.9. The Bertz CT molecular complexity index is 691. The minimum absolute atomic E-state index is 0. The van der Waals surface area contributed by atoms with Crippen LogP contribution in [0.4, 0.5) is 5.69 Å². The first kappa shape index (κ1) is 26.6. The molecule has 1 fully saturated rings. The molecule has 1 amide bonds. The summed E-state index contributed by atoms with van der Waals surface area (Å²) in [4.78, 5) is 17.0. The van der Waals surface area contributed by atoms with Crippen LogP contribution in [-0.4, -0.2) is 49.6 Å². The largest absolute Gasteiger partial charge is 0.467 e. The van der Waals surface area contributed by atoms with Crippen LogP contribution in [0.15, 0.2) is 47.1 Å². The van der Waals surface area contributed by atoms with Crippen molar-refractivity contribution in [3.05, 3.63) is 54.0 Å². The topological polar surface area (TPSA) is 74.7 Å². The van der Waals surface area contributed by atoms with Gasteiger partial charge in [0.15, 0.2) is 0 Å². The fourth-order valence-electron chi connectivity index (χ4n) is 3.14. The van der Waals surface area contributed by atoms with Crippen molar-refractivity contribution >= 4 is 48.8 Å². The van der Waals surface area contributed by atoms with E-state index in [1.807, 2.05) is 6.07 Å². The first-order valence-corrected chi connectivity index (χ1v) is 8.77. The second-order valence-electron chi connectivity index (χ2n) is 6.42. The molecule has 0 spiro atoms. The number of para-hydroxylation sites is 1. The van der Waals surface area contributed by atoms with Crippen LogP contribution < -0.4 is 16.0 Å². The van der Waals surface area contributed by atoms with Crippen molar-refractivity contribution in [1.82, 2.24) is 10.2 Å². The number of carbonyl (C=O) groups is 1. The van der Waals surface area contributed by atoms with Crippen molar-refractivity contribution in [3.63, 3.8) is 0 Å². The second-order valence-corrected chi connectivity index (χ2v) is 6.42. The lowest BCUT2D eigenvalue weighted by Gasteiger charge is -2.39. The van der Waals surface area contributed by atoms with Gasteiger partial charge >= 0.3 is 0 Å². The number of rotatable bonds is 6. The van der Waals surface area contributed by atoms with Gasteiger partial charge in [-0.1, -0.05) is 18.2 Å². The van der Waals surface area contributed by atoms with Crippen LogP contribution in [0.25, 0.3) is 0 Å². The van der Waals surface area contributed by atoms with Gasteiger partial charge in [0, 0.05) is 44.5 Å². The van der Waals surface area contributed by atoms with E-state index in [0.717, 1.165) is 26.2 Å². The normalized spacial score (nSPS) is 14.9. The molecule has 2 aromatic rings. The summed E-state index contributed by atoms with van der Waals surface area (Å²) in [6.07, 6.45) is 1.46. The molecule has 3 N–H and O–H groups in total. The Labute approximate surface area is 185 Å². The van der Waals surface area contributed by atoms with Gasteiger partial charge in [-0.3, -0.25) is 9.69 Å². The Morgan fingerprint density at radius 1 is 1.14 bits per heavy atom. The highest BCUT2D eigenvalue weighted by Crippen LogP contribution is 2.16. The molecule has 2 heterocycles. The van der Waals surface area contributed by atoms with E-state index >= 15 is 0 Å². The predicted octanol–water partition coefficient (Wildman–Crippen LogP) is 2.94. The predicted molar refractivity (Wildman–Crippen MR) is 120 cm³/mol. The molecular weight excluding hydrogens is 423 g/mol. The molecule has 1 aliphatic heterocycles. The summed E-state index contributed by atoms with van der Waals surface area (Å²) in [7, 11) is 0. The molecule has 1 saturated heterocycles. The number of carbonyl (C=O) groups excluding carboxylic acids is 1. The Morgan fingerprint density at radius 3 is 2.36 bits per heavy atom. The molecule has 0 saturated carbocycles. The second kappa shape index (κ2) is 12.9. The van der Waals surface area contributed by atoms with E-state index in [4.69, 9.17) is 10.2 Å². The molecular formula is C19H29Cl3N4O2. The van der Waals surface area contributed by atoms with Crippen molar-refractivity contribution < 1.29 is 9.21 Å². The van der Waals surface area contributed by atoms with Gasteiger partial charge in [0.1, 0.15) is 12.0 Å². The fraction of sp³-hybridized carbons (Fsp3) is 0.421. The number of nitrogens with one attached hydrogen (secondary N) is 1. The van der Waals surface area contributed by atoms with Gasteiger partial charge < -0.3 is 20.4 Å². The number of nitrogens with zero attached hydrogens (tertiary/aromatic N) is 2. The van der Waals surface area contributed by atoms with Gasteiger partial charge in [-0.15, -0.1) is 37.2 Å². The van der Waals surface area contributed by atoms with E-state index in [1.165, 1.54) is 12.0 Å². The molecule has 0 radical (unpaired) electrons. The van der Waals surface area contributed by atoms with Crippen molar-refractivity contribution in [1.29, 1.82) is 0 Å². The van der Waals surface area contributed by atoms with Gasteiger partial charge in [-0.2, -0.15) is 0 Å². The minimum atomic E-state index is -0.113. The first-order valence-electron chi connectivity index (χ1n) is 8.77. The van der Waals surface area contributed by atoms with Crippen molar-refractivity contribution in [2.45, 2.75) is 19.5 Å². The molecule has 1 aromatic heterocycles. The van der Waals surface area contributed by atoms with E-state index in [-0.39, 0.29) is 43.1 Å². The number of nitrogens with two attached hydrogens (primary N) is 1. The van der Waals surface area contributed by atoms with E-state index in [1.54, 1.807) is 6.07 Å². The van der Waals surface area contributed by atoms with E-state index in [9.17, 15) is 4.79 Å².